The Morgan fingerprint density at radius 1 is 1.33 bits per heavy atom. The maximum atomic E-state index is 6.06. The maximum Gasteiger partial charge on any atom is 0.120 e. The molecular formula is C14H15BrClNO. The number of furan rings is 1. The molecule has 0 radical (unpaired) electrons. The first-order chi connectivity index (χ1) is 8.56. The van der Waals surface area contributed by atoms with Gasteiger partial charge < -0.3 is 9.73 Å². The van der Waals surface area contributed by atoms with Gasteiger partial charge in [-0.3, -0.25) is 0 Å². The molecule has 1 heterocycles. The van der Waals surface area contributed by atoms with Crippen LogP contribution < -0.4 is 5.32 Å². The number of hydrogen-bond acceptors (Lipinski definition) is 2. The van der Waals surface area contributed by atoms with Crippen LogP contribution in [0.3, 0.4) is 0 Å². The molecule has 1 unspecified atom stereocenters. The van der Waals surface area contributed by atoms with Crippen molar-refractivity contribution in [3.8, 4) is 0 Å². The lowest BCUT2D eigenvalue weighted by Gasteiger charge is -2.11. The van der Waals surface area contributed by atoms with E-state index in [9.17, 15) is 0 Å². The van der Waals surface area contributed by atoms with Gasteiger partial charge in [0.05, 0.1) is 11.1 Å². The third-order valence-corrected chi connectivity index (χ3v) is 4.02. The minimum absolute atomic E-state index is 0.182. The van der Waals surface area contributed by atoms with Crippen molar-refractivity contribution in [2.24, 2.45) is 0 Å². The zero-order valence-corrected chi connectivity index (χ0v) is 12.7. The second-order valence-corrected chi connectivity index (χ2v) is 5.56. The van der Waals surface area contributed by atoms with E-state index in [4.69, 9.17) is 16.0 Å². The van der Waals surface area contributed by atoms with E-state index >= 15 is 0 Å². The molecule has 18 heavy (non-hydrogen) atoms. The number of hydrogen-bond donors (Lipinski definition) is 1. The van der Waals surface area contributed by atoms with Gasteiger partial charge in [-0.2, -0.15) is 0 Å². The van der Waals surface area contributed by atoms with Gasteiger partial charge in [0.15, 0.2) is 0 Å². The molecule has 1 N–H and O–H groups in total. The monoisotopic (exact) mass is 327 g/mol. The molecule has 0 aliphatic carbocycles. The van der Waals surface area contributed by atoms with Crippen LogP contribution in [0.15, 0.2) is 39.2 Å². The van der Waals surface area contributed by atoms with E-state index in [1.54, 1.807) is 0 Å². The van der Waals surface area contributed by atoms with Crippen molar-refractivity contribution >= 4 is 27.5 Å². The summed E-state index contributed by atoms with van der Waals surface area (Å²) in [5.74, 6) is 1.89. The molecule has 0 aliphatic heterocycles. The molecular weight excluding hydrogens is 314 g/mol. The summed E-state index contributed by atoms with van der Waals surface area (Å²) in [5.41, 5.74) is 1.15. The lowest BCUT2D eigenvalue weighted by Crippen LogP contribution is -2.17. The molecule has 0 amide bonds. The Morgan fingerprint density at radius 2 is 2.11 bits per heavy atom. The first kappa shape index (κ1) is 13.7. The molecule has 0 aliphatic rings. The van der Waals surface area contributed by atoms with Crippen LogP contribution in [-0.2, 0) is 6.54 Å². The molecule has 0 saturated carbocycles. The molecule has 0 saturated heterocycles. The Labute approximate surface area is 120 Å². The molecule has 4 heteroatoms. The van der Waals surface area contributed by atoms with Crippen molar-refractivity contribution in [3.63, 3.8) is 0 Å². The number of aryl methyl sites for hydroxylation is 1. The van der Waals surface area contributed by atoms with E-state index in [1.807, 2.05) is 37.3 Å². The van der Waals surface area contributed by atoms with Crippen LogP contribution in [0.25, 0.3) is 0 Å². The molecule has 0 fully saturated rings. The Kier molecular flexibility index (Phi) is 4.49. The fourth-order valence-electron chi connectivity index (χ4n) is 1.71. The quantitative estimate of drug-likeness (QED) is 0.867. The van der Waals surface area contributed by atoms with Gasteiger partial charge in [-0.15, -0.1) is 0 Å². The minimum Gasteiger partial charge on any atom is -0.465 e. The molecule has 2 aromatic rings. The second kappa shape index (κ2) is 5.91. The molecule has 0 spiro atoms. The first-order valence-corrected chi connectivity index (χ1v) is 6.97. The van der Waals surface area contributed by atoms with E-state index in [1.165, 1.54) is 0 Å². The Morgan fingerprint density at radius 3 is 2.72 bits per heavy atom. The van der Waals surface area contributed by atoms with E-state index in [2.05, 4.69) is 28.2 Å². The zero-order valence-electron chi connectivity index (χ0n) is 10.3. The summed E-state index contributed by atoms with van der Waals surface area (Å²) in [4.78, 5) is 0. The van der Waals surface area contributed by atoms with Gasteiger partial charge in [-0.05, 0) is 59.6 Å². The Hall–Kier alpha value is -0.770. The SMILES string of the molecule is Cc1ccc(C(C)NCc2ccc(Br)c(Cl)c2)o1. The zero-order chi connectivity index (χ0) is 13.1. The van der Waals surface area contributed by atoms with Crippen molar-refractivity contribution in [1.29, 1.82) is 0 Å². The molecule has 1 aromatic carbocycles. The molecule has 96 valence electrons. The van der Waals surface area contributed by atoms with E-state index in [0.29, 0.717) is 0 Å². The summed E-state index contributed by atoms with van der Waals surface area (Å²) in [5, 5.41) is 4.14. The van der Waals surface area contributed by atoms with Crippen molar-refractivity contribution < 1.29 is 4.42 Å². The van der Waals surface area contributed by atoms with Crippen LogP contribution >= 0.6 is 27.5 Å². The normalized spacial score (nSPS) is 12.7. The lowest BCUT2D eigenvalue weighted by molar-refractivity contribution is 0.416. The van der Waals surface area contributed by atoms with Gasteiger partial charge in [0.1, 0.15) is 11.5 Å². The van der Waals surface area contributed by atoms with Crippen molar-refractivity contribution in [2.45, 2.75) is 26.4 Å². The van der Waals surface area contributed by atoms with Crippen LogP contribution in [0.5, 0.6) is 0 Å². The van der Waals surface area contributed by atoms with Crippen LogP contribution in [0, 0.1) is 6.92 Å². The largest absolute Gasteiger partial charge is 0.465 e. The summed E-state index contributed by atoms with van der Waals surface area (Å²) in [6.45, 7) is 4.79. The highest BCUT2D eigenvalue weighted by Crippen LogP contribution is 2.23. The fourth-order valence-corrected chi connectivity index (χ4v) is 2.16. The fraction of sp³-hybridized carbons (Fsp3) is 0.286. The van der Waals surface area contributed by atoms with Crippen LogP contribution in [0.4, 0.5) is 0 Å². The number of rotatable bonds is 4. The van der Waals surface area contributed by atoms with E-state index in [0.717, 1.165) is 33.1 Å². The standard InChI is InChI=1S/C14H15BrClNO/c1-9-3-6-14(18-9)10(2)17-8-11-4-5-12(15)13(16)7-11/h3-7,10,17H,8H2,1-2H3. The highest BCUT2D eigenvalue weighted by Gasteiger charge is 2.09. The summed E-state index contributed by atoms with van der Waals surface area (Å²) < 4.78 is 6.50. The van der Waals surface area contributed by atoms with Crippen molar-refractivity contribution in [2.75, 3.05) is 0 Å². The topological polar surface area (TPSA) is 25.2 Å². The predicted octanol–water partition coefficient (Wildman–Crippen LogP) is 4.85. The lowest BCUT2D eigenvalue weighted by atomic mass is 10.2. The molecule has 0 bridgehead atoms. The second-order valence-electron chi connectivity index (χ2n) is 4.30. The van der Waals surface area contributed by atoms with Crippen LogP contribution in [-0.4, -0.2) is 0 Å². The van der Waals surface area contributed by atoms with Gasteiger partial charge in [0, 0.05) is 11.0 Å². The third kappa shape index (κ3) is 3.37. The predicted molar refractivity (Wildman–Crippen MR) is 77.9 cm³/mol. The summed E-state index contributed by atoms with van der Waals surface area (Å²) in [7, 11) is 0. The minimum atomic E-state index is 0.182. The van der Waals surface area contributed by atoms with Gasteiger partial charge in [-0.25, -0.2) is 0 Å². The average Bonchev–Trinajstić information content (AvgIpc) is 2.77. The van der Waals surface area contributed by atoms with Gasteiger partial charge >= 0.3 is 0 Å². The number of halogens is 2. The van der Waals surface area contributed by atoms with Crippen molar-refractivity contribution in [1.82, 2.24) is 5.32 Å². The smallest absolute Gasteiger partial charge is 0.120 e. The van der Waals surface area contributed by atoms with Crippen LogP contribution in [0.1, 0.15) is 30.0 Å². The molecule has 1 aromatic heterocycles. The van der Waals surface area contributed by atoms with Crippen molar-refractivity contribution in [3.05, 3.63) is 56.9 Å². The Bertz CT molecular complexity index is 538. The van der Waals surface area contributed by atoms with E-state index < -0.39 is 0 Å². The molecule has 2 rings (SSSR count). The summed E-state index contributed by atoms with van der Waals surface area (Å²) >= 11 is 9.44. The van der Waals surface area contributed by atoms with E-state index in [-0.39, 0.29) is 6.04 Å². The van der Waals surface area contributed by atoms with Crippen LogP contribution in [0.2, 0.25) is 5.02 Å². The Balaban J connectivity index is 1.97. The molecule has 2 nitrogen and oxygen atoms in total. The average molecular weight is 329 g/mol. The van der Waals surface area contributed by atoms with Gasteiger partial charge in [0.25, 0.3) is 0 Å². The number of benzene rings is 1. The third-order valence-electron chi connectivity index (χ3n) is 2.78. The summed E-state index contributed by atoms with van der Waals surface area (Å²) in [6.07, 6.45) is 0. The highest BCUT2D eigenvalue weighted by molar-refractivity contribution is 9.10. The molecule has 1 atom stereocenters. The number of nitrogens with one attached hydrogen (secondary N) is 1. The highest BCUT2D eigenvalue weighted by atomic mass is 79.9. The van der Waals surface area contributed by atoms with Gasteiger partial charge in [0.2, 0.25) is 0 Å². The first-order valence-electron chi connectivity index (χ1n) is 5.80. The summed E-state index contributed by atoms with van der Waals surface area (Å²) in [6, 6.07) is 10.1. The maximum absolute atomic E-state index is 6.06. The van der Waals surface area contributed by atoms with Gasteiger partial charge in [-0.1, -0.05) is 17.7 Å².